The minimum Gasteiger partial charge on any atom is -0.464 e. The second-order valence-electron chi connectivity index (χ2n) is 6.35. The van der Waals surface area contributed by atoms with E-state index >= 15 is 0 Å². The third kappa shape index (κ3) is 4.79. The maximum Gasteiger partial charge on any atom is 0.412 e. The van der Waals surface area contributed by atoms with Crippen LogP contribution in [0.4, 0.5) is 10.5 Å². The number of anilines is 1. The molecule has 0 saturated heterocycles. The highest BCUT2D eigenvalue weighted by Gasteiger charge is 2.21. The highest BCUT2D eigenvalue weighted by molar-refractivity contribution is 5.98. The molecule has 0 spiro atoms. The molecule has 2 aromatic heterocycles. The number of ether oxygens (including phenoxy) is 2. The van der Waals surface area contributed by atoms with Crippen LogP contribution in [0.5, 0.6) is 0 Å². The van der Waals surface area contributed by atoms with Gasteiger partial charge >= 0.3 is 12.1 Å². The lowest BCUT2D eigenvalue weighted by Gasteiger charge is -2.20. The average Bonchev–Trinajstić information content (AvgIpc) is 3.01. The summed E-state index contributed by atoms with van der Waals surface area (Å²) in [6.07, 6.45) is 5.24. The van der Waals surface area contributed by atoms with Crippen molar-refractivity contribution in [2.45, 2.75) is 39.7 Å². The van der Waals surface area contributed by atoms with Crippen molar-refractivity contribution in [2.75, 3.05) is 12.4 Å². The summed E-state index contributed by atoms with van der Waals surface area (Å²) in [4.78, 5) is 28.1. The molecule has 1 amide bonds. The standard InChI is InChI=1S/C17H22N4O4/c1-6-11-8-19-21(10-11)12-7-13(14(18-9-12)15(22)24-5)20-16(23)25-17(2,3)4/h7-10H,6H2,1-5H3,(H,20,23). The number of carbonyl (C=O) groups excluding carboxylic acids is 2. The van der Waals surface area contributed by atoms with E-state index in [0.717, 1.165) is 12.0 Å². The molecule has 25 heavy (non-hydrogen) atoms. The summed E-state index contributed by atoms with van der Waals surface area (Å²) in [5.74, 6) is -0.660. The van der Waals surface area contributed by atoms with Crippen molar-refractivity contribution in [1.82, 2.24) is 14.8 Å². The molecule has 0 radical (unpaired) electrons. The first-order valence-electron chi connectivity index (χ1n) is 7.85. The first-order chi connectivity index (χ1) is 11.7. The van der Waals surface area contributed by atoms with E-state index in [0.29, 0.717) is 5.69 Å². The van der Waals surface area contributed by atoms with Crippen LogP contribution in [-0.4, -0.2) is 39.5 Å². The number of hydrogen-bond acceptors (Lipinski definition) is 6. The highest BCUT2D eigenvalue weighted by atomic mass is 16.6. The number of amides is 1. The summed E-state index contributed by atoms with van der Waals surface area (Å²) in [6.45, 7) is 7.27. The summed E-state index contributed by atoms with van der Waals surface area (Å²) >= 11 is 0. The molecular formula is C17H22N4O4. The molecule has 8 nitrogen and oxygen atoms in total. The van der Waals surface area contributed by atoms with Crippen LogP contribution in [0.2, 0.25) is 0 Å². The Balaban J connectivity index is 2.37. The third-order valence-corrected chi connectivity index (χ3v) is 3.20. The van der Waals surface area contributed by atoms with Gasteiger partial charge in [0.15, 0.2) is 5.69 Å². The fourth-order valence-corrected chi connectivity index (χ4v) is 2.03. The molecule has 0 saturated carbocycles. The molecule has 0 unspecified atom stereocenters. The van der Waals surface area contributed by atoms with E-state index in [2.05, 4.69) is 15.4 Å². The van der Waals surface area contributed by atoms with Crippen LogP contribution in [0.3, 0.4) is 0 Å². The summed E-state index contributed by atoms with van der Waals surface area (Å²) in [5, 5.41) is 6.80. The summed E-state index contributed by atoms with van der Waals surface area (Å²) in [6, 6.07) is 1.59. The molecule has 134 valence electrons. The number of carbonyl (C=O) groups is 2. The van der Waals surface area contributed by atoms with Gasteiger partial charge in [0.1, 0.15) is 5.60 Å². The van der Waals surface area contributed by atoms with Crippen molar-refractivity contribution in [3.05, 3.63) is 35.9 Å². The maximum absolute atomic E-state index is 12.1. The molecular weight excluding hydrogens is 324 g/mol. The SMILES string of the molecule is CCc1cnn(-c2cnc(C(=O)OC)c(NC(=O)OC(C)(C)C)c2)c1. The lowest BCUT2D eigenvalue weighted by Crippen LogP contribution is -2.28. The van der Waals surface area contributed by atoms with E-state index < -0.39 is 17.7 Å². The first-order valence-corrected chi connectivity index (χ1v) is 7.85. The summed E-state index contributed by atoms with van der Waals surface area (Å²) in [5.41, 5.74) is 1.16. The Morgan fingerprint density at radius 3 is 2.56 bits per heavy atom. The molecule has 0 aromatic carbocycles. The predicted octanol–water partition coefficient (Wildman–Crippen LogP) is 2.96. The fourth-order valence-electron chi connectivity index (χ4n) is 2.03. The second kappa shape index (κ2) is 7.33. The van der Waals surface area contributed by atoms with Gasteiger partial charge in [0.25, 0.3) is 0 Å². The van der Waals surface area contributed by atoms with Gasteiger partial charge < -0.3 is 9.47 Å². The molecule has 2 heterocycles. The van der Waals surface area contributed by atoms with Crippen molar-refractivity contribution in [3.8, 4) is 5.69 Å². The molecule has 2 aromatic rings. The zero-order chi connectivity index (χ0) is 18.6. The van der Waals surface area contributed by atoms with E-state index in [1.165, 1.54) is 13.3 Å². The van der Waals surface area contributed by atoms with Crippen LogP contribution in [0.15, 0.2) is 24.7 Å². The van der Waals surface area contributed by atoms with Crippen molar-refractivity contribution < 1.29 is 19.1 Å². The van der Waals surface area contributed by atoms with E-state index in [1.54, 1.807) is 37.7 Å². The Kier molecular flexibility index (Phi) is 5.41. The predicted molar refractivity (Wildman–Crippen MR) is 91.9 cm³/mol. The second-order valence-corrected chi connectivity index (χ2v) is 6.35. The van der Waals surface area contributed by atoms with Gasteiger partial charge in [-0.25, -0.2) is 19.3 Å². The van der Waals surface area contributed by atoms with Gasteiger partial charge in [0.2, 0.25) is 0 Å². The van der Waals surface area contributed by atoms with Gasteiger partial charge in [-0.15, -0.1) is 0 Å². The van der Waals surface area contributed by atoms with Gasteiger partial charge in [-0.05, 0) is 38.8 Å². The number of aromatic nitrogens is 3. The number of aryl methyl sites for hydroxylation is 1. The maximum atomic E-state index is 12.1. The van der Waals surface area contributed by atoms with E-state index in [4.69, 9.17) is 9.47 Å². The summed E-state index contributed by atoms with van der Waals surface area (Å²) < 4.78 is 11.6. The molecule has 0 bridgehead atoms. The molecule has 8 heteroatoms. The number of pyridine rings is 1. The Hall–Kier alpha value is -2.90. The smallest absolute Gasteiger partial charge is 0.412 e. The van der Waals surface area contributed by atoms with Crippen LogP contribution in [-0.2, 0) is 15.9 Å². The van der Waals surface area contributed by atoms with Crippen LogP contribution < -0.4 is 5.32 Å². The topological polar surface area (TPSA) is 95.3 Å². The zero-order valence-corrected chi connectivity index (χ0v) is 15.0. The zero-order valence-electron chi connectivity index (χ0n) is 15.0. The number of esters is 1. The van der Waals surface area contributed by atoms with Gasteiger partial charge in [0, 0.05) is 6.20 Å². The largest absolute Gasteiger partial charge is 0.464 e. The van der Waals surface area contributed by atoms with Gasteiger partial charge in [0.05, 0.1) is 30.9 Å². The molecule has 0 aliphatic carbocycles. The average molecular weight is 346 g/mol. The van der Waals surface area contributed by atoms with Crippen molar-refractivity contribution in [2.24, 2.45) is 0 Å². The minimum absolute atomic E-state index is 0.0139. The Morgan fingerprint density at radius 2 is 2.00 bits per heavy atom. The monoisotopic (exact) mass is 346 g/mol. The van der Waals surface area contributed by atoms with Crippen molar-refractivity contribution in [3.63, 3.8) is 0 Å². The molecule has 0 aliphatic heterocycles. The van der Waals surface area contributed by atoms with Gasteiger partial charge in [-0.3, -0.25) is 5.32 Å². The normalized spacial score (nSPS) is 11.1. The van der Waals surface area contributed by atoms with Crippen molar-refractivity contribution in [1.29, 1.82) is 0 Å². The third-order valence-electron chi connectivity index (χ3n) is 3.20. The molecule has 0 aliphatic rings. The van der Waals surface area contributed by atoms with E-state index in [1.807, 2.05) is 13.1 Å². The lowest BCUT2D eigenvalue weighted by atomic mass is 10.2. The molecule has 2 rings (SSSR count). The molecule has 0 atom stereocenters. The summed E-state index contributed by atoms with van der Waals surface area (Å²) in [7, 11) is 1.25. The Morgan fingerprint density at radius 1 is 1.28 bits per heavy atom. The number of hydrogen-bond donors (Lipinski definition) is 1. The van der Waals surface area contributed by atoms with Crippen LogP contribution >= 0.6 is 0 Å². The van der Waals surface area contributed by atoms with Crippen molar-refractivity contribution >= 4 is 17.7 Å². The van der Waals surface area contributed by atoms with Gasteiger partial charge in [-0.2, -0.15) is 5.10 Å². The van der Waals surface area contributed by atoms with Gasteiger partial charge in [-0.1, -0.05) is 6.92 Å². The molecule has 0 fully saturated rings. The van der Waals surface area contributed by atoms with Crippen LogP contribution in [0.1, 0.15) is 43.7 Å². The van der Waals surface area contributed by atoms with E-state index in [-0.39, 0.29) is 11.4 Å². The Bertz CT molecular complexity index is 777. The first kappa shape index (κ1) is 18.4. The van der Waals surface area contributed by atoms with Crippen LogP contribution in [0, 0.1) is 0 Å². The number of methoxy groups -OCH3 is 1. The van der Waals surface area contributed by atoms with E-state index in [9.17, 15) is 9.59 Å². The highest BCUT2D eigenvalue weighted by Crippen LogP contribution is 2.20. The number of rotatable bonds is 4. The number of nitrogens with zero attached hydrogens (tertiary/aromatic N) is 3. The lowest BCUT2D eigenvalue weighted by molar-refractivity contribution is 0.0595. The quantitative estimate of drug-likeness (QED) is 0.855. The number of nitrogens with one attached hydrogen (secondary N) is 1. The minimum atomic E-state index is -0.689. The molecule has 1 N–H and O–H groups in total. The van der Waals surface area contributed by atoms with Crippen LogP contribution in [0.25, 0.3) is 5.69 Å². The Labute approximate surface area is 146 Å². The fraction of sp³-hybridized carbons (Fsp3) is 0.412.